The zero-order valence-electron chi connectivity index (χ0n) is 9.11. The summed E-state index contributed by atoms with van der Waals surface area (Å²) in [5.74, 6) is 0.0932. The Labute approximate surface area is 90.6 Å². The van der Waals surface area contributed by atoms with Crippen molar-refractivity contribution in [3.63, 3.8) is 0 Å². The standard InChI is InChI=1S/C11H20N2O2/c14-8-10-11(15)13(7-6-12-10)9-4-2-1-3-5-9/h9-10,12,14H,1-8H2. The predicted molar refractivity (Wildman–Crippen MR) is 57.5 cm³/mol. The molecular weight excluding hydrogens is 192 g/mol. The van der Waals surface area contributed by atoms with E-state index < -0.39 is 0 Å². The fraction of sp³-hybridized carbons (Fsp3) is 0.909. The average molecular weight is 212 g/mol. The first kappa shape index (κ1) is 10.9. The van der Waals surface area contributed by atoms with E-state index in [1.807, 2.05) is 4.90 Å². The van der Waals surface area contributed by atoms with Crippen LogP contribution < -0.4 is 5.32 Å². The van der Waals surface area contributed by atoms with Gasteiger partial charge in [-0.3, -0.25) is 4.79 Å². The van der Waals surface area contributed by atoms with Crippen LogP contribution in [0.5, 0.6) is 0 Å². The van der Waals surface area contributed by atoms with Gasteiger partial charge in [0.15, 0.2) is 0 Å². The number of hydrogen-bond donors (Lipinski definition) is 2. The second-order valence-corrected chi connectivity index (χ2v) is 4.51. The van der Waals surface area contributed by atoms with Gasteiger partial charge in [-0.2, -0.15) is 0 Å². The Morgan fingerprint density at radius 3 is 2.73 bits per heavy atom. The van der Waals surface area contributed by atoms with Gasteiger partial charge in [-0.05, 0) is 12.8 Å². The monoisotopic (exact) mass is 212 g/mol. The number of aliphatic hydroxyl groups excluding tert-OH is 1. The first-order chi connectivity index (χ1) is 7.33. The lowest BCUT2D eigenvalue weighted by Crippen LogP contribution is -2.59. The molecule has 1 unspecified atom stereocenters. The van der Waals surface area contributed by atoms with E-state index in [1.54, 1.807) is 0 Å². The number of hydrogen-bond acceptors (Lipinski definition) is 3. The van der Waals surface area contributed by atoms with Gasteiger partial charge in [-0.15, -0.1) is 0 Å². The van der Waals surface area contributed by atoms with Crippen molar-refractivity contribution in [1.82, 2.24) is 10.2 Å². The summed E-state index contributed by atoms with van der Waals surface area (Å²) in [7, 11) is 0. The van der Waals surface area contributed by atoms with Crippen LogP contribution in [0, 0.1) is 0 Å². The number of aliphatic hydroxyl groups is 1. The summed E-state index contributed by atoms with van der Waals surface area (Å²) < 4.78 is 0. The minimum atomic E-state index is -0.360. The van der Waals surface area contributed by atoms with Crippen LogP contribution in [0.25, 0.3) is 0 Å². The molecule has 0 aromatic rings. The minimum absolute atomic E-state index is 0.0813. The molecule has 1 saturated heterocycles. The molecule has 0 radical (unpaired) electrons. The second-order valence-electron chi connectivity index (χ2n) is 4.51. The van der Waals surface area contributed by atoms with Crippen molar-refractivity contribution in [2.75, 3.05) is 19.7 Å². The van der Waals surface area contributed by atoms with Gasteiger partial charge in [-0.1, -0.05) is 19.3 Å². The number of carbonyl (C=O) groups excluding carboxylic acids is 1. The molecule has 0 bridgehead atoms. The highest BCUT2D eigenvalue weighted by Gasteiger charge is 2.32. The third-order valence-electron chi connectivity index (χ3n) is 3.52. The van der Waals surface area contributed by atoms with E-state index in [-0.39, 0.29) is 18.6 Å². The molecule has 1 amide bonds. The summed E-state index contributed by atoms with van der Waals surface area (Å²) in [6.07, 6.45) is 6.07. The van der Waals surface area contributed by atoms with Gasteiger partial charge < -0.3 is 15.3 Å². The van der Waals surface area contributed by atoms with Crippen molar-refractivity contribution in [3.8, 4) is 0 Å². The molecule has 1 aliphatic heterocycles. The van der Waals surface area contributed by atoms with Gasteiger partial charge in [0.05, 0.1) is 6.61 Å². The van der Waals surface area contributed by atoms with E-state index in [0.717, 1.165) is 25.9 Å². The van der Waals surface area contributed by atoms with Gasteiger partial charge in [0.2, 0.25) is 5.91 Å². The number of rotatable bonds is 2. The molecule has 2 aliphatic rings. The van der Waals surface area contributed by atoms with Gasteiger partial charge in [0, 0.05) is 19.1 Å². The molecule has 4 nitrogen and oxygen atoms in total. The zero-order chi connectivity index (χ0) is 10.7. The molecule has 1 saturated carbocycles. The lowest BCUT2D eigenvalue weighted by molar-refractivity contribution is -0.140. The van der Waals surface area contributed by atoms with E-state index in [4.69, 9.17) is 5.11 Å². The first-order valence-corrected chi connectivity index (χ1v) is 5.97. The Bertz CT molecular complexity index is 227. The van der Waals surface area contributed by atoms with Crippen molar-refractivity contribution >= 4 is 5.91 Å². The molecule has 1 heterocycles. The third-order valence-corrected chi connectivity index (χ3v) is 3.52. The maximum absolute atomic E-state index is 12.0. The highest BCUT2D eigenvalue weighted by Crippen LogP contribution is 2.23. The smallest absolute Gasteiger partial charge is 0.242 e. The van der Waals surface area contributed by atoms with Gasteiger partial charge in [-0.25, -0.2) is 0 Å². The molecule has 0 aromatic carbocycles. The number of carbonyl (C=O) groups is 1. The third kappa shape index (κ3) is 2.32. The topological polar surface area (TPSA) is 52.6 Å². The minimum Gasteiger partial charge on any atom is -0.394 e. The number of amides is 1. The van der Waals surface area contributed by atoms with Crippen LogP contribution in [0.3, 0.4) is 0 Å². The molecule has 2 fully saturated rings. The Morgan fingerprint density at radius 1 is 1.33 bits per heavy atom. The van der Waals surface area contributed by atoms with E-state index >= 15 is 0 Å². The molecule has 15 heavy (non-hydrogen) atoms. The molecule has 1 aliphatic carbocycles. The van der Waals surface area contributed by atoms with Crippen LogP contribution in [-0.4, -0.2) is 47.7 Å². The van der Waals surface area contributed by atoms with Gasteiger partial charge in [0.25, 0.3) is 0 Å². The molecule has 0 spiro atoms. The Kier molecular flexibility index (Phi) is 3.59. The maximum Gasteiger partial charge on any atom is 0.242 e. The zero-order valence-corrected chi connectivity index (χ0v) is 9.11. The van der Waals surface area contributed by atoms with Crippen LogP contribution in [0.4, 0.5) is 0 Å². The molecule has 2 rings (SSSR count). The molecule has 0 aromatic heterocycles. The average Bonchev–Trinajstić information content (AvgIpc) is 2.30. The summed E-state index contributed by atoms with van der Waals surface area (Å²) in [6, 6.07) is 0.0723. The van der Waals surface area contributed by atoms with Crippen molar-refractivity contribution in [3.05, 3.63) is 0 Å². The van der Waals surface area contributed by atoms with Crippen LogP contribution in [0.2, 0.25) is 0 Å². The van der Waals surface area contributed by atoms with E-state index in [1.165, 1.54) is 19.3 Å². The Morgan fingerprint density at radius 2 is 2.07 bits per heavy atom. The summed E-state index contributed by atoms with van der Waals surface area (Å²) in [6.45, 7) is 1.54. The van der Waals surface area contributed by atoms with Crippen LogP contribution in [-0.2, 0) is 4.79 Å². The van der Waals surface area contributed by atoms with Crippen molar-refractivity contribution < 1.29 is 9.90 Å². The lowest BCUT2D eigenvalue weighted by atomic mass is 9.93. The molecule has 86 valence electrons. The molecule has 2 N–H and O–H groups in total. The van der Waals surface area contributed by atoms with E-state index in [0.29, 0.717) is 6.04 Å². The van der Waals surface area contributed by atoms with E-state index in [2.05, 4.69) is 5.32 Å². The summed E-state index contributed by atoms with van der Waals surface area (Å²) in [5.41, 5.74) is 0. The quantitative estimate of drug-likeness (QED) is 0.683. The molecule has 4 heteroatoms. The van der Waals surface area contributed by atoms with Crippen LogP contribution in [0.1, 0.15) is 32.1 Å². The van der Waals surface area contributed by atoms with Crippen molar-refractivity contribution in [1.29, 1.82) is 0 Å². The summed E-state index contributed by atoms with van der Waals surface area (Å²) in [4.78, 5) is 13.9. The van der Waals surface area contributed by atoms with Crippen LogP contribution in [0.15, 0.2) is 0 Å². The van der Waals surface area contributed by atoms with E-state index in [9.17, 15) is 4.79 Å². The van der Waals surface area contributed by atoms with Gasteiger partial charge in [0.1, 0.15) is 6.04 Å². The molecule has 1 atom stereocenters. The maximum atomic E-state index is 12.0. The summed E-state index contributed by atoms with van der Waals surface area (Å²) in [5, 5.41) is 12.1. The second kappa shape index (κ2) is 4.94. The van der Waals surface area contributed by atoms with Crippen LogP contribution >= 0.6 is 0 Å². The number of piperazine rings is 1. The highest BCUT2D eigenvalue weighted by molar-refractivity contribution is 5.83. The molecular formula is C11H20N2O2. The SMILES string of the molecule is O=C1C(CO)NCCN1C1CCCCC1. The highest BCUT2D eigenvalue weighted by atomic mass is 16.3. The van der Waals surface area contributed by atoms with Crippen molar-refractivity contribution in [2.24, 2.45) is 0 Å². The number of nitrogens with zero attached hydrogens (tertiary/aromatic N) is 1. The first-order valence-electron chi connectivity index (χ1n) is 5.97. The summed E-state index contributed by atoms with van der Waals surface area (Å²) >= 11 is 0. The largest absolute Gasteiger partial charge is 0.394 e. The predicted octanol–water partition coefficient (Wildman–Crippen LogP) is 0.112. The van der Waals surface area contributed by atoms with Crippen molar-refractivity contribution in [2.45, 2.75) is 44.2 Å². The Hall–Kier alpha value is -0.610. The number of nitrogens with one attached hydrogen (secondary N) is 1. The Balaban J connectivity index is 1.97. The lowest BCUT2D eigenvalue weighted by Gasteiger charge is -2.39. The van der Waals surface area contributed by atoms with Gasteiger partial charge >= 0.3 is 0 Å². The fourth-order valence-electron chi connectivity index (χ4n) is 2.65. The normalized spacial score (nSPS) is 29.5. The fourth-order valence-corrected chi connectivity index (χ4v) is 2.65.